The van der Waals surface area contributed by atoms with Crippen LogP contribution in [0.1, 0.15) is 0 Å². The van der Waals surface area contributed by atoms with Crippen LogP contribution < -0.4 is 0 Å². The number of hydrogen-bond donors (Lipinski definition) is 3. The normalized spacial score (nSPS) is 4.50. The molecule has 0 fully saturated rings. The molecule has 0 heterocycles. The first-order chi connectivity index (χ1) is 1.73. The average molecular weight is 279 g/mol. The molecule has 0 aromatic heterocycles. The molecule has 0 atom stereocenters. The van der Waals surface area contributed by atoms with Crippen LogP contribution in [0.2, 0.25) is 0 Å². The summed E-state index contributed by atoms with van der Waals surface area (Å²) in [6, 6.07) is 0. The van der Waals surface area contributed by atoms with Gasteiger partial charge in [-0.25, -0.2) is 0 Å². The van der Waals surface area contributed by atoms with Gasteiger partial charge in [0.05, 0.1) is 0 Å². The maximum absolute atomic E-state index is 7.17. The van der Waals surface area contributed by atoms with E-state index < -0.39 is 7.32 Å². The zero-order valence-corrected chi connectivity index (χ0v) is 8.12. The standard InChI is InChI=1S/BH3O3.Li.Pb.3H/c2-1(3)4;;;;;/h2-4H;;;;;. The van der Waals surface area contributed by atoms with Crippen molar-refractivity contribution in [1.82, 2.24) is 0 Å². The Labute approximate surface area is 68.3 Å². The molecule has 0 spiro atoms. The minimum absolute atomic E-state index is 0. The van der Waals surface area contributed by atoms with E-state index in [0.717, 1.165) is 0 Å². The summed E-state index contributed by atoms with van der Waals surface area (Å²) in [6.07, 6.45) is 0. The third-order valence-electron chi connectivity index (χ3n) is 0. The monoisotopic (exact) mass is 280 g/mol. The van der Waals surface area contributed by atoms with Crippen LogP contribution in [-0.2, 0) is 0 Å². The van der Waals surface area contributed by atoms with Crippen molar-refractivity contribution in [1.29, 1.82) is 0 Å². The van der Waals surface area contributed by atoms with Crippen molar-refractivity contribution in [2.24, 2.45) is 0 Å². The second-order valence-electron chi connectivity index (χ2n) is 0.346. The molecule has 0 unspecified atom stereocenters. The fourth-order valence-corrected chi connectivity index (χ4v) is 0. The molecule has 0 amide bonds. The molecular formula is H6BLiO3Pb. The van der Waals surface area contributed by atoms with Crippen LogP contribution >= 0.6 is 0 Å². The molecule has 6 heteroatoms. The van der Waals surface area contributed by atoms with E-state index >= 15 is 0 Å². The van der Waals surface area contributed by atoms with Gasteiger partial charge in [-0.15, -0.1) is 0 Å². The van der Waals surface area contributed by atoms with Gasteiger partial charge >= 0.3 is 53.5 Å². The molecule has 0 rings (SSSR count). The molecular weight excluding hydrogens is 273 g/mol. The zero-order chi connectivity index (χ0) is 3.58. The second kappa shape index (κ2) is 9.68. The summed E-state index contributed by atoms with van der Waals surface area (Å²) in [6.45, 7) is 0. The van der Waals surface area contributed by atoms with Crippen molar-refractivity contribution < 1.29 is 15.1 Å². The van der Waals surface area contributed by atoms with Gasteiger partial charge < -0.3 is 15.1 Å². The van der Waals surface area contributed by atoms with E-state index in [1.165, 1.54) is 0 Å². The number of hydrogen-bond acceptors (Lipinski definition) is 3. The van der Waals surface area contributed by atoms with Gasteiger partial charge in [0.1, 0.15) is 0 Å². The van der Waals surface area contributed by atoms with Crippen molar-refractivity contribution in [3.8, 4) is 0 Å². The Morgan fingerprint density at radius 1 is 1.00 bits per heavy atom. The Balaban J connectivity index is -0.0000000450. The van der Waals surface area contributed by atoms with Crippen LogP contribution in [0.25, 0.3) is 0 Å². The predicted molar refractivity (Wildman–Crippen MR) is 28.1 cm³/mol. The van der Waals surface area contributed by atoms with Gasteiger partial charge in [-0.3, -0.25) is 0 Å². The Morgan fingerprint density at radius 2 is 1.00 bits per heavy atom. The topological polar surface area (TPSA) is 60.7 Å². The summed E-state index contributed by atoms with van der Waals surface area (Å²) in [5.41, 5.74) is 0. The van der Waals surface area contributed by atoms with Gasteiger partial charge in [0.15, 0.2) is 0 Å². The molecule has 0 aliphatic rings. The molecule has 0 aliphatic heterocycles. The van der Waals surface area contributed by atoms with Crippen LogP contribution in [0, 0.1) is 0 Å². The molecule has 32 valence electrons. The van der Waals surface area contributed by atoms with E-state index in [1.807, 2.05) is 0 Å². The van der Waals surface area contributed by atoms with Crippen molar-refractivity contribution in [2.75, 3.05) is 0 Å². The Morgan fingerprint density at radius 3 is 1.00 bits per heavy atom. The molecule has 3 N–H and O–H groups in total. The molecule has 0 saturated carbocycles. The minimum atomic E-state index is -2.17. The molecule has 0 aliphatic carbocycles. The molecule has 0 aromatic rings. The van der Waals surface area contributed by atoms with Gasteiger partial charge in [0, 0.05) is 0 Å². The van der Waals surface area contributed by atoms with E-state index in [0.29, 0.717) is 0 Å². The summed E-state index contributed by atoms with van der Waals surface area (Å²) >= 11 is 0. The molecule has 0 saturated heterocycles. The summed E-state index contributed by atoms with van der Waals surface area (Å²) in [7, 11) is -2.17. The first kappa shape index (κ1) is 15.7. The Bertz CT molecular complexity index is 15.5. The van der Waals surface area contributed by atoms with E-state index in [-0.39, 0.29) is 46.2 Å². The van der Waals surface area contributed by atoms with E-state index in [2.05, 4.69) is 0 Å². The summed E-state index contributed by atoms with van der Waals surface area (Å²) in [4.78, 5) is 0. The Hall–Kier alpha value is 1.46. The van der Waals surface area contributed by atoms with Crippen LogP contribution in [0.4, 0.5) is 0 Å². The summed E-state index contributed by atoms with van der Waals surface area (Å²) in [5, 5.41) is 21.5. The molecule has 0 bridgehead atoms. The molecule has 6 heavy (non-hydrogen) atoms. The molecule has 3 nitrogen and oxygen atoms in total. The first-order valence-corrected chi connectivity index (χ1v) is 0.775. The van der Waals surface area contributed by atoms with Crippen LogP contribution in [0.3, 0.4) is 0 Å². The van der Waals surface area contributed by atoms with Gasteiger partial charge in [-0.1, -0.05) is 0 Å². The van der Waals surface area contributed by atoms with Gasteiger partial charge in [-0.2, -0.15) is 0 Å². The average Bonchev–Trinajstić information content (AvgIpc) is 0.811. The quantitative estimate of drug-likeness (QED) is 0.401. The van der Waals surface area contributed by atoms with Gasteiger partial charge in [0.25, 0.3) is 0 Å². The summed E-state index contributed by atoms with van der Waals surface area (Å²) < 4.78 is 0. The second-order valence-corrected chi connectivity index (χ2v) is 0.346. The van der Waals surface area contributed by atoms with Crippen molar-refractivity contribution in [3.63, 3.8) is 0 Å². The molecule has 0 aromatic carbocycles. The molecule has 2 radical (unpaired) electrons. The third kappa shape index (κ3) is 50.8. The number of rotatable bonds is 0. The van der Waals surface area contributed by atoms with Crippen molar-refractivity contribution in [3.05, 3.63) is 0 Å². The van der Waals surface area contributed by atoms with Gasteiger partial charge in [0.2, 0.25) is 0 Å². The zero-order valence-electron chi connectivity index (χ0n) is 2.63. The predicted octanol–water partition coefficient (Wildman–Crippen LogP) is -3.62. The van der Waals surface area contributed by atoms with Crippen LogP contribution in [-0.4, -0.2) is 68.6 Å². The SMILES string of the molecule is OB(O)O.[LiH].[PbH2]. The van der Waals surface area contributed by atoms with E-state index in [1.54, 1.807) is 0 Å². The van der Waals surface area contributed by atoms with Gasteiger partial charge in [-0.05, 0) is 0 Å². The maximum atomic E-state index is 7.17. The third-order valence-corrected chi connectivity index (χ3v) is 0. The fraction of sp³-hybridized carbons (Fsp3) is 0. The van der Waals surface area contributed by atoms with Crippen molar-refractivity contribution >= 4 is 53.5 Å². The summed E-state index contributed by atoms with van der Waals surface area (Å²) in [5.74, 6) is 0. The first-order valence-electron chi connectivity index (χ1n) is 0.775. The van der Waals surface area contributed by atoms with E-state index in [4.69, 9.17) is 15.1 Å². The van der Waals surface area contributed by atoms with Crippen LogP contribution in [0.15, 0.2) is 0 Å². The van der Waals surface area contributed by atoms with Crippen LogP contribution in [0.5, 0.6) is 0 Å². The Kier molecular flexibility index (Phi) is 25.3. The fourth-order valence-electron chi connectivity index (χ4n) is 0. The van der Waals surface area contributed by atoms with E-state index in [9.17, 15) is 0 Å². The van der Waals surface area contributed by atoms with Crippen molar-refractivity contribution in [2.45, 2.75) is 0 Å².